The summed E-state index contributed by atoms with van der Waals surface area (Å²) in [4.78, 5) is 28.3. The number of likely N-dealkylation sites (tertiary alicyclic amines) is 1. The molecule has 0 aromatic heterocycles. The Bertz CT molecular complexity index is 460. The van der Waals surface area contributed by atoms with Gasteiger partial charge < -0.3 is 24.0 Å². The SMILES string of the molecule is CC(C)(C)OC(=O)N1CC(N(C(=O)C2COCCO2)C2CC2)C1. The van der Waals surface area contributed by atoms with Crippen LogP contribution in [-0.2, 0) is 19.0 Å². The van der Waals surface area contributed by atoms with Gasteiger partial charge in [-0.25, -0.2) is 4.79 Å². The van der Waals surface area contributed by atoms with Crippen LogP contribution in [0.2, 0.25) is 0 Å². The molecular weight excluding hydrogens is 300 g/mol. The molecule has 2 heterocycles. The first kappa shape index (κ1) is 16.5. The van der Waals surface area contributed by atoms with Crippen molar-refractivity contribution in [2.24, 2.45) is 0 Å². The Morgan fingerprint density at radius 1 is 1.13 bits per heavy atom. The summed E-state index contributed by atoms with van der Waals surface area (Å²) in [6.07, 6.45) is 1.25. The number of amides is 2. The van der Waals surface area contributed by atoms with Crippen molar-refractivity contribution < 1.29 is 23.8 Å². The summed E-state index contributed by atoms with van der Waals surface area (Å²) in [6.45, 7) is 7.94. The van der Waals surface area contributed by atoms with Crippen LogP contribution in [0, 0.1) is 0 Å². The van der Waals surface area contributed by atoms with E-state index in [1.165, 1.54) is 0 Å². The zero-order valence-corrected chi connectivity index (χ0v) is 14.1. The van der Waals surface area contributed by atoms with Gasteiger partial charge in [-0.05, 0) is 33.6 Å². The lowest BCUT2D eigenvalue weighted by molar-refractivity contribution is -0.164. The lowest BCUT2D eigenvalue weighted by Gasteiger charge is -2.46. The molecule has 3 aliphatic rings. The molecule has 2 amide bonds. The van der Waals surface area contributed by atoms with E-state index in [1.807, 2.05) is 25.7 Å². The van der Waals surface area contributed by atoms with Crippen LogP contribution in [0.15, 0.2) is 0 Å². The molecule has 3 rings (SSSR count). The lowest BCUT2D eigenvalue weighted by atomic mass is 10.1. The van der Waals surface area contributed by atoms with E-state index in [0.717, 1.165) is 12.8 Å². The van der Waals surface area contributed by atoms with Crippen molar-refractivity contribution >= 4 is 12.0 Å². The standard InChI is InChI=1S/C16H26N2O5/c1-16(2,3)23-15(20)17-8-12(9-17)18(11-4-5-11)14(19)13-10-21-6-7-22-13/h11-13H,4-10H2,1-3H3. The fourth-order valence-corrected chi connectivity index (χ4v) is 2.91. The Balaban J connectivity index is 1.55. The minimum absolute atomic E-state index is 0.000962. The number of rotatable bonds is 3. The predicted octanol–water partition coefficient (Wildman–Crippen LogP) is 1.01. The van der Waals surface area contributed by atoms with Crippen molar-refractivity contribution in [3.8, 4) is 0 Å². The number of ether oxygens (including phenoxy) is 3. The average Bonchev–Trinajstić information content (AvgIpc) is 3.24. The van der Waals surface area contributed by atoms with Crippen LogP contribution in [0.4, 0.5) is 4.79 Å². The largest absolute Gasteiger partial charge is 0.444 e. The number of hydrogen-bond acceptors (Lipinski definition) is 5. The van der Waals surface area contributed by atoms with Gasteiger partial charge in [-0.15, -0.1) is 0 Å². The molecule has 130 valence electrons. The number of carbonyl (C=O) groups excluding carboxylic acids is 2. The highest BCUT2D eigenvalue weighted by molar-refractivity contribution is 5.82. The summed E-state index contributed by atoms with van der Waals surface area (Å²) in [5, 5.41) is 0. The van der Waals surface area contributed by atoms with Crippen molar-refractivity contribution in [2.45, 2.75) is 57.4 Å². The number of carbonyl (C=O) groups is 2. The molecule has 0 bridgehead atoms. The second-order valence-corrected chi connectivity index (χ2v) is 7.45. The third-order valence-electron chi connectivity index (χ3n) is 4.19. The van der Waals surface area contributed by atoms with Gasteiger partial charge in [0, 0.05) is 19.1 Å². The van der Waals surface area contributed by atoms with Gasteiger partial charge in [-0.1, -0.05) is 0 Å². The average molecular weight is 326 g/mol. The summed E-state index contributed by atoms with van der Waals surface area (Å²) in [6, 6.07) is 0.354. The van der Waals surface area contributed by atoms with Crippen molar-refractivity contribution in [1.29, 1.82) is 0 Å². The summed E-state index contributed by atoms with van der Waals surface area (Å²) in [5.74, 6) is 0.000962. The van der Waals surface area contributed by atoms with E-state index in [0.29, 0.717) is 39.0 Å². The number of nitrogens with zero attached hydrogens (tertiary/aromatic N) is 2. The van der Waals surface area contributed by atoms with Crippen molar-refractivity contribution in [3.05, 3.63) is 0 Å². The summed E-state index contributed by atoms with van der Waals surface area (Å²) in [5.41, 5.74) is -0.499. The van der Waals surface area contributed by atoms with Gasteiger partial charge in [0.25, 0.3) is 5.91 Å². The van der Waals surface area contributed by atoms with Gasteiger partial charge in [0.05, 0.1) is 25.9 Å². The molecule has 0 aromatic rings. The second kappa shape index (κ2) is 6.28. The van der Waals surface area contributed by atoms with E-state index in [1.54, 1.807) is 4.90 Å². The molecule has 0 aromatic carbocycles. The molecule has 0 radical (unpaired) electrons. The van der Waals surface area contributed by atoms with E-state index in [-0.39, 0.29) is 18.0 Å². The summed E-state index contributed by atoms with van der Waals surface area (Å²) in [7, 11) is 0. The minimum Gasteiger partial charge on any atom is -0.444 e. The maximum atomic E-state index is 12.7. The molecule has 1 saturated carbocycles. The van der Waals surface area contributed by atoms with Gasteiger partial charge in [-0.2, -0.15) is 0 Å². The smallest absolute Gasteiger partial charge is 0.410 e. The first-order chi connectivity index (χ1) is 10.8. The first-order valence-electron chi connectivity index (χ1n) is 8.34. The van der Waals surface area contributed by atoms with E-state index < -0.39 is 11.7 Å². The molecule has 0 N–H and O–H groups in total. The minimum atomic E-state index is -0.500. The molecule has 1 unspecified atom stereocenters. The van der Waals surface area contributed by atoms with Crippen LogP contribution in [0.1, 0.15) is 33.6 Å². The normalized spacial score (nSPS) is 25.7. The predicted molar refractivity (Wildman–Crippen MR) is 82.0 cm³/mol. The highest BCUT2D eigenvalue weighted by atomic mass is 16.6. The molecule has 1 aliphatic carbocycles. The van der Waals surface area contributed by atoms with E-state index in [2.05, 4.69) is 0 Å². The molecule has 1 atom stereocenters. The Labute approximate surface area is 136 Å². The zero-order valence-electron chi connectivity index (χ0n) is 14.1. The Kier molecular flexibility index (Phi) is 4.51. The molecule has 2 saturated heterocycles. The third kappa shape index (κ3) is 3.95. The molecule has 0 spiro atoms. The maximum Gasteiger partial charge on any atom is 0.410 e. The molecular formula is C16H26N2O5. The Morgan fingerprint density at radius 3 is 2.35 bits per heavy atom. The summed E-state index contributed by atoms with van der Waals surface area (Å²) < 4.78 is 16.2. The van der Waals surface area contributed by atoms with Crippen molar-refractivity contribution in [3.63, 3.8) is 0 Å². The highest BCUT2D eigenvalue weighted by Crippen LogP contribution is 2.33. The molecule has 23 heavy (non-hydrogen) atoms. The van der Waals surface area contributed by atoms with Crippen molar-refractivity contribution in [2.75, 3.05) is 32.9 Å². The molecule has 7 nitrogen and oxygen atoms in total. The van der Waals surface area contributed by atoms with E-state index >= 15 is 0 Å². The van der Waals surface area contributed by atoms with Gasteiger partial charge in [0.15, 0.2) is 6.10 Å². The van der Waals surface area contributed by atoms with Crippen LogP contribution < -0.4 is 0 Å². The Morgan fingerprint density at radius 2 is 1.83 bits per heavy atom. The molecule has 7 heteroatoms. The summed E-state index contributed by atoms with van der Waals surface area (Å²) >= 11 is 0. The van der Waals surface area contributed by atoms with Gasteiger partial charge in [0.2, 0.25) is 0 Å². The van der Waals surface area contributed by atoms with Crippen LogP contribution in [0.25, 0.3) is 0 Å². The quantitative estimate of drug-likeness (QED) is 0.774. The van der Waals surface area contributed by atoms with Crippen molar-refractivity contribution in [1.82, 2.24) is 9.80 Å². The van der Waals surface area contributed by atoms with E-state index in [9.17, 15) is 9.59 Å². The topological polar surface area (TPSA) is 68.3 Å². The second-order valence-electron chi connectivity index (χ2n) is 7.45. The maximum absolute atomic E-state index is 12.7. The number of hydrogen-bond donors (Lipinski definition) is 0. The molecule has 2 aliphatic heterocycles. The molecule has 3 fully saturated rings. The van der Waals surface area contributed by atoms with Crippen LogP contribution >= 0.6 is 0 Å². The van der Waals surface area contributed by atoms with Gasteiger partial charge >= 0.3 is 6.09 Å². The lowest BCUT2D eigenvalue weighted by Crippen LogP contribution is -2.65. The van der Waals surface area contributed by atoms with E-state index in [4.69, 9.17) is 14.2 Å². The fraction of sp³-hybridized carbons (Fsp3) is 0.875. The van der Waals surface area contributed by atoms with Gasteiger partial charge in [0.1, 0.15) is 5.60 Å². The Hall–Kier alpha value is -1.34. The highest BCUT2D eigenvalue weighted by Gasteiger charge is 2.46. The first-order valence-corrected chi connectivity index (χ1v) is 8.34. The monoisotopic (exact) mass is 326 g/mol. The zero-order chi connectivity index (χ0) is 16.6. The van der Waals surface area contributed by atoms with Crippen LogP contribution in [0.3, 0.4) is 0 Å². The fourth-order valence-electron chi connectivity index (χ4n) is 2.91. The third-order valence-corrected chi connectivity index (χ3v) is 4.19. The van der Waals surface area contributed by atoms with Crippen LogP contribution in [0.5, 0.6) is 0 Å². The van der Waals surface area contributed by atoms with Gasteiger partial charge in [-0.3, -0.25) is 4.79 Å². The van der Waals surface area contributed by atoms with Crippen LogP contribution in [-0.4, -0.2) is 78.5 Å².